The number of likely N-dealkylation sites (tertiary alicyclic amines) is 1. The molecule has 1 unspecified atom stereocenters. The van der Waals surface area contributed by atoms with Crippen LogP contribution in [0.25, 0.3) is 0 Å². The van der Waals surface area contributed by atoms with E-state index in [-0.39, 0.29) is 0 Å². The Morgan fingerprint density at radius 1 is 1.26 bits per heavy atom. The molecule has 0 saturated carbocycles. The van der Waals surface area contributed by atoms with Gasteiger partial charge >= 0.3 is 0 Å². The second kappa shape index (κ2) is 8.23. The molecule has 1 aliphatic rings. The molecule has 114 valence electrons. The summed E-state index contributed by atoms with van der Waals surface area (Å²) in [5.74, 6) is 0. The normalized spacial score (nSPS) is 21.8. The summed E-state index contributed by atoms with van der Waals surface area (Å²) >= 11 is 0. The molecule has 0 amide bonds. The third-order valence-electron chi connectivity index (χ3n) is 4.72. The van der Waals surface area contributed by atoms with Gasteiger partial charge in [0.1, 0.15) is 0 Å². The first kappa shape index (κ1) is 16.9. The minimum absolute atomic E-state index is 0.417. The summed E-state index contributed by atoms with van der Waals surface area (Å²) in [6, 6.07) is 0.788. The third kappa shape index (κ3) is 5.41. The Bertz CT molecular complexity index is 228. The van der Waals surface area contributed by atoms with Crippen LogP contribution in [0.1, 0.15) is 46.5 Å². The van der Waals surface area contributed by atoms with E-state index in [2.05, 4.69) is 50.0 Å². The second-order valence-electron chi connectivity index (χ2n) is 6.67. The van der Waals surface area contributed by atoms with Crippen LogP contribution in [0, 0.1) is 5.41 Å². The van der Waals surface area contributed by atoms with E-state index in [1.165, 1.54) is 51.9 Å². The van der Waals surface area contributed by atoms with E-state index in [0.29, 0.717) is 5.41 Å². The summed E-state index contributed by atoms with van der Waals surface area (Å²) in [4.78, 5) is 5.20. The number of piperidine rings is 1. The molecule has 1 atom stereocenters. The summed E-state index contributed by atoms with van der Waals surface area (Å²) in [6.45, 7) is 13.1. The predicted molar refractivity (Wildman–Crippen MR) is 84.7 cm³/mol. The Morgan fingerprint density at radius 2 is 1.89 bits per heavy atom. The van der Waals surface area contributed by atoms with Crippen LogP contribution >= 0.6 is 0 Å². The van der Waals surface area contributed by atoms with Crippen LogP contribution in [0.15, 0.2) is 0 Å². The Morgan fingerprint density at radius 3 is 2.37 bits per heavy atom. The van der Waals surface area contributed by atoms with Gasteiger partial charge < -0.3 is 15.1 Å². The molecule has 0 spiro atoms. The fraction of sp³-hybridized carbons (Fsp3) is 1.00. The summed E-state index contributed by atoms with van der Waals surface area (Å²) in [6.07, 6.45) is 5.27. The van der Waals surface area contributed by atoms with Crippen molar-refractivity contribution in [2.24, 2.45) is 5.41 Å². The Hall–Kier alpha value is -0.120. The van der Waals surface area contributed by atoms with Crippen molar-refractivity contribution in [3.05, 3.63) is 0 Å². The molecule has 0 bridgehead atoms. The molecular weight excluding hydrogens is 234 g/mol. The number of rotatable bonds is 8. The van der Waals surface area contributed by atoms with Crippen LogP contribution in [-0.2, 0) is 0 Å². The Balaban J connectivity index is 2.46. The van der Waals surface area contributed by atoms with Crippen molar-refractivity contribution in [1.82, 2.24) is 15.1 Å². The van der Waals surface area contributed by atoms with E-state index in [1.807, 2.05) is 0 Å². The monoisotopic (exact) mass is 269 g/mol. The minimum Gasteiger partial charge on any atom is -0.319 e. The first-order valence-corrected chi connectivity index (χ1v) is 8.12. The molecule has 0 aromatic heterocycles. The highest BCUT2D eigenvalue weighted by Gasteiger charge is 2.28. The van der Waals surface area contributed by atoms with Crippen LogP contribution in [0.3, 0.4) is 0 Å². The van der Waals surface area contributed by atoms with Crippen LogP contribution in [0.2, 0.25) is 0 Å². The van der Waals surface area contributed by atoms with Crippen molar-refractivity contribution in [3.63, 3.8) is 0 Å². The van der Waals surface area contributed by atoms with Gasteiger partial charge in [-0.2, -0.15) is 0 Å². The largest absolute Gasteiger partial charge is 0.319 e. The summed E-state index contributed by atoms with van der Waals surface area (Å²) in [5.41, 5.74) is 0.417. The first-order chi connectivity index (χ1) is 9.04. The van der Waals surface area contributed by atoms with E-state index < -0.39 is 0 Å². The maximum atomic E-state index is 3.38. The zero-order chi connectivity index (χ0) is 14.3. The van der Waals surface area contributed by atoms with Crippen LogP contribution in [0.5, 0.6) is 0 Å². The van der Waals surface area contributed by atoms with Crippen LogP contribution in [0.4, 0.5) is 0 Å². The lowest BCUT2D eigenvalue weighted by Crippen LogP contribution is -2.48. The smallest absolute Gasteiger partial charge is 0.0117 e. The highest BCUT2D eigenvalue weighted by molar-refractivity contribution is 4.84. The summed E-state index contributed by atoms with van der Waals surface area (Å²) in [5, 5.41) is 3.38. The van der Waals surface area contributed by atoms with Gasteiger partial charge in [0.2, 0.25) is 0 Å². The van der Waals surface area contributed by atoms with E-state index in [1.54, 1.807) is 0 Å². The molecule has 19 heavy (non-hydrogen) atoms. The molecule has 0 radical (unpaired) electrons. The van der Waals surface area contributed by atoms with Gasteiger partial charge in [-0.3, -0.25) is 0 Å². The third-order valence-corrected chi connectivity index (χ3v) is 4.72. The van der Waals surface area contributed by atoms with E-state index in [0.717, 1.165) is 12.6 Å². The number of nitrogens with zero attached hydrogens (tertiary/aromatic N) is 2. The summed E-state index contributed by atoms with van der Waals surface area (Å²) in [7, 11) is 4.41. The maximum absolute atomic E-state index is 3.38. The number of hydrogen-bond acceptors (Lipinski definition) is 3. The van der Waals surface area contributed by atoms with E-state index in [4.69, 9.17) is 0 Å². The average molecular weight is 269 g/mol. The molecule has 1 N–H and O–H groups in total. The predicted octanol–water partition coefficient (Wildman–Crippen LogP) is 2.43. The fourth-order valence-corrected chi connectivity index (χ4v) is 3.66. The van der Waals surface area contributed by atoms with Crippen molar-refractivity contribution in [2.45, 2.75) is 52.5 Å². The zero-order valence-corrected chi connectivity index (χ0v) is 13.8. The lowest BCUT2D eigenvalue weighted by atomic mass is 9.84. The van der Waals surface area contributed by atoms with Crippen molar-refractivity contribution in [2.75, 3.05) is 46.8 Å². The zero-order valence-electron chi connectivity index (χ0n) is 13.8. The Kier molecular flexibility index (Phi) is 7.33. The second-order valence-corrected chi connectivity index (χ2v) is 6.67. The highest BCUT2D eigenvalue weighted by Crippen LogP contribution is 2.26. The maximum Gasteiger partial charge on any atom is 0.0117 e. The van der Waals surface area contributed by atoms with Gasteiger partial charge in [0, 0.05) is 19.1 Å². The number of hydrogen-bond donors (Lipinski definition) is 1. The van der Waals surface area contributed by atoms with Crippen LogP contribution < -0.4 is 5.32 Å². The average Bonchev–Trinajstić information content (AvgIpc) is 2.39. The quantitative estimate of drug-likeness (QED) is 0.730. The molecule has 1 saturated heterocycles. The van der Waals surface area contributed by atoms with Crippen LogP contribution in [-0.4, -0.2) is 62.7 Å². The van der Waals surface area contributed by atoms with Gasteiger partial charge in [0.05, 0.1) is 0 Å². The van der Waals surface area contributed by atoms with Crippen molar-refractivity contribution < 1.29 is 0 Å². The van der Waals surface area contributed by atoms with E-state index in [9.17, 15) is 0 Å². The fourth-order valence-electron chi connectivity index (χ4n) is 3.66. The van der Waals surface area contributed by atoms with Gasteiger partial charge in [0.25, 0.3) is 0 Å². The van der Waals surface area contributed by atoms with Crippen molar-refractivity contribution in [3.8, 4) is 0 Å². The minimum atomic E-state index is 0.417. The molecule has 1 aliphatic heterocycles. The van der Waals surface area contributed by atoms with Gasteiger partial charge in [-0.05, 0) is 58.4 Å². The highest BCUT2D eigenvalue weighted by atomic mass is 15.2. The molecule has 0 aromatic carbocycles. The molecule has 1 heterocycles. The Labute approximate surface area is 120 Å². The van der Waals surface area contributed by atoms with Crippen molar-refractivity contribution >= 4 is 0 Å². The topological polar surface area (TPSA) is 18.5 Å². The van der Waals surface area contributed by atoms with Gasteiger partial charge in [-0.1, -0.05) is 27.2 Å². The number of nitrogens with one attached hydrogen (secondary N) is 1. The molecule has 0 aliphatic carbocycles. The first-order valence-electron chi connectivity index (χ1n) is 8.12. The SMILES string of the molecule is CCCC(C)(CNC)CN(C)C1CCN(CC)CC1. The van der Waals surface area contributed by atoms with Gasteiger partial charge in [-0.15, -0.1) is 0 Å². The molecule has 1 fully saturated rings. The standard InChI is InChI=1S/C16H35N3/c1-6-10-16(3,13-17-4)14-18(5)15-8-11-19(7-2)12-9-15/h15,17H,6-14H2,1-5H3. The lowest BCUT2D eigenvalue weighted by molar-refractivity contribution is 0.0890. The van der Waals surface area contributed by atoms with Crippen molar-refractivity contribution in [1.29, 1.82) is 0 Å². The molecule has 3 nitrogen and oxygen atoms in total. The lowest BCUT2D eigenvalue weighted by Gasteiger charge is -2.41. The molecule has 0 aromatic rings. The molecule has 3 heteroatoms. The molecular formula is C16H35N3. The van der Waals surface area contributed by atoms with Gasteiger partial charge in [0.15, 0.2) is 0 Å². The summed E-state index contributed by atoms with van der Waals surface area (Å²) < 4.78 is 0. The van der Waals surface area contributed by atoms with Gasteiger partial charge in [-0.25, -0.2) is 0 Å². The van der Waals surface area contributed by atoms with E-state index >= 15 is 0 Å². The molecule has 1 rings (SSSR count).